The van der Waals surface area contributed by atoms with Gasteiger partial charge >= 0.3 is 26.2 Å². The summed E-state index contributed by atoms with van der Waals surface area (Å²) in [4.78, 5) is 0. The predicted octanol–water partition coefficient (Wildman–Crippen LogP) is -0.0365. The van der Waals surface area contributed by atoms with Crippen LogP contribution < -0.4 is 24.8 Å². The molecule has 6 unspecified atom stereocenters. The van der Waals surface area contributed by atoms with Crippen LogP contribution in [-0.4, -0.2) is 0 Å². The number of allylic oxidation sites excluding steroid dienone is 8. The number of hydrogen-bond donors (Lipinski definition) is 0. The molecule has 0 saturated heterocycles. The van der Waals surface area contributed by atoms with Crippen molar-refractivity contribution in [3.05, 3.63) is 61.4 Å². The van der Waals surface area contributed by atoms with Crippen molar-refractivity contribution in [2.24, 2.45) is 35.5 Å². The van der Waals surface area contributed by atoms with E-state index in [1.165, 1.54) is 25.7 Å². The molecule has 0 radical (unpaired) electrons. The largest absolute Gasteiger partial charge is 4.00 e. The van der Waals surface area contributed by atoms with E-state index in [1.54, 1.807) is 0 Å². The molecule has 4 aliphatic rings. The van der Waals surface area contributed by atoms with Gasteiger partial charge in [-0.3, -0.25) is 0 Å². The second-order valence-electron chi connectivity index (χ2n) is 7.21. The first-order valence-corrected chi connectivity index (χ1v) is 9.20. The summed E-state index contributed by atoms with van der Waals surface area (Å²) in [5.74, 6) is 4.90. The van der Waals surface area contributed by atoms with Gasteiger partial charge < -0.3 is 37.7 Å². The summed E-state index contributed by atoms with van der Waals surface area (Å²) in [7, 11) is 0. The van der Waals surface area contributed by atoms with E-state index in [1.807, 2.05) is 0 Å². The maximum absolute atomic E-state index is 2.52. The number of fused-ring (bicyclic) bond motifs is 2. The van der Waals surface area contributed by atoms with Gasteiger partial charge in [-0.1, -0.05) is 76.0 Å². The van der Waals surface area contributed by atoms with Gasteiger partial charge in [-0.25, -0.2) is 0 Å². The average Bonchev–Trinajstić information content (AvgIpc) is 3.18. The third kappa shape index (κ3) is 6.82. The van der Waals surface area contributed by atoms with Crippen LogP contribution in [0.2, 0.25) is 0 Å². The fourth-order valence-corrected chi connectivity index (χ4v) is 4.32. The van der Waals surface area contributed by atoms with E-state index in [2.05, 4.69) is 75.3 Å². The summed E-state index contributed by atoms with van der Waals surface area (Å²) in [6.45, 7) is 4.57. The summed E-state index contributed by atoms with van der Waals surface area (Å²) in [6.07, 6.45) is 28.5. The van der Waals surface area contributed by atoms with Crippen LogP contribution in [0, 0.1) is 48.3 Å². The second kappa shape index (κ2) is 12.7. The third-order valence-corrected chi connectivity index (χ3v) is 5.78. The van der Waals surface area contributed by atoms with Crippen LogP contribution in [0.25, 0.3) is 0 Å². The summed E-state index contributed by atoms with van der Waals surface area (Å²) < 4.78 is 0. The van der Waals surface area contributed by atoms with E-state index in [-0.39, 0.29) is 51.0 Å². The molecular formula is C22H30Cl2Zr. The zero-order chi connectivity index (χ0) is 15.4. The molecule has 136 valence electrons. The molecule has 0 aliphatic heterocycles. The van der Waals surface area contributed by atoms with Crippen molar-refractivity contribution in [3.8, 4) is 0 Å². The molecule has 0 nitrogen and oxygen atoms in total. The minimum Gasteiger partial charge on any atom is -1.00 e. The Labute approximate surface area is 186 Å². The molecule has 4 aliphatic carbocycles. The SMILES string of the molecule is CCC1[CH-]C2C=CC=CC2C1.CCC1[CH-]C2C=CC=CC2C1.[Cl-].[Cl-].[Zr+4]. The molecule has 0 aromatic carbocycles. The van der Waals surface area contributed by atoms with Crippen molar-refractivity contribution in [1.82, 2.24) is 0 Å². The first kappa shape index (κ1) is 25.4. The van der Waals surface area contributed by atoms with Crippen molar-refractivity contribution in [2.45, 2.75) is 39.5 Å². The topological polar surface area (TPSA) is 0 Å². The second-order valence-corrected chi connectivity index (χ2v) is 7.21. The standard InChI is InChI=1S/2C11H15.2ClH.Zr/c2*1-2-9-7-10-5-3-4-6-11(10)8-9;;;/h2*3-7,9-11H,2,8H2,1H3;2*1H;/q2*-1;;;+4/p-2. The van der Waals surface area contributed by atoms with E-state index >= 15 is 0 Å². The molecule has 0 amide bonds. The van der Waals surface area contributed by atoms with Gasteiger partial charge in [-0.05, 0) is 11.8 Å². The van der Waals surface area contributed by atoms with Crippen molar-refractivity contribution < 1.29 is 51.0 Å². The molecule has 6 atom stereocenters. The summed E-state index contributed by atoms with van der Waals surface area (Å²) in [5.41, 5.74) is 0. The Morgan fingerprint density at radius 1 is 0.680 bits per heavy atom. The van der Waals surface area contributed by atoms with Gasteiger partial charge in [0.1, 0.15) is 0 Å². The molecule has 0 aromatic rings. The molecule has 4 rings (SSSR count). The van der Waals surface area contributed by atoms with Gasteiger partial charge in [0.05, 0.1) is 0 Å². The minimum atomic E-state index is 0. The maximum Gasteiger partial charge on any atom is 4.00 e. The van der Waals surface area contributed by atoms with Gasteiger partial charge in [-0.15, -0.1) is 24.0 Å². The van der Waals surface area contributed by atoms with Crippen LogP contribution >= 0.6 is 0 Å². The first-order valence-electron chi connectivity index (χ1n) is 9.20. The van der Waals surface area contributed by atoms with E-state index in [0.717, 1.165) is 35.5 Å². The van der Waals surface area contributed by atoms with Gasteiger partial charge in [0.25, 0.3) is 0 Å². The third-order valence-electron chi connectivity index (χ3n) is 5.78. The van der Waals surface area contributed by atoms with Crippen LogP contribution in [0.4, 0.5) is 0 Å². The Morgan fingerprint density at radius 3 is 1.36 bits per heavy atom. The molecule has 2 fully saturated rings. The Balaban J connectivity index is 0.000000411. The Kier molecular flexibility index (Phi) is 13.0. The molecular weight excluding hydrogens is 426 g/mol. The van der Waals surface area contributed by atoms with Gasteiger partial charge in [0.15, 0.2) is 0 Å². The molecule has 25 heavy (non-hydrogen) atoms. The average molecular weight is 457 g/mol. The Morgan fingerprint density at radius 2 is 1.04 bits per heavy atom. The van der Waals surface area contributed by atoms with E-state index in [0.29, 0.717) is 0 Å². The molecule has 0 spiro atoms. The molecule has 0 bridgehead atoms. The zero-order valence-electron chi connectivity index (χ0n) is 15.3. The van der Waals surface area contributed by atoms with Gasteiger partial charge in [0, 0.05) is 0 Å². The number of halogens is 2. The van der Waals surface area contributed by atoms with Crippen LogP contribution in [0.5, 0.6) is 0 Å². The molecule has 0 aromatic heterocycles. The van der Waals surface area contributed by atoms with Crippen molar-refractivity contribution in [3.63, 3.8) is 0 Å². The Hall–Kier alpha value is 0.423. The molecule has 3 heteroatoms. The van der Waals surface area contributed by atoms with Gasteiger partial charge in [0.2, 0.25) is 0 Å². The van der Waals surface area contributed by atoms with Gasteiger partial charge in [-0.2, -0.15) is 11.8 Å². The van der Waals surface area contributed by atoms with Crippen molar-refractivity contribution in [2.75, 3.05) is 0 Å². The van der Waals surface area contributed by atoms with E-state index < -0.39 is 0 Å². The van der Waals surface area contributed by atoms with E-state index in [9.17, 15) is 0 Å². The van der Waals surface area contributed by atoms with Crippen LogP contribution in [0.15, 0.2) is 48.6 Å². The fourth-order valence-electron chi connectivity index (χ4n) is 4.32. The van der Waals surface area contributed by atoms with Crippen LogP contribution in [0.3, 0.4) is 0 Å². The smallest absolute Gasteiger partial charge is 1.00 e. The molecule has 0 N–H and O–H groups in total. The predicted molar refractivity (Wildman–Crippen MR) is 95.9 cm³/mol. The van der Waals surface area contributed by atoms with E-state index in [4.69, 9.17) is 0 Å². The number of hydrogen-bond acceptors (Lipinski definition) is 0. The molecule has 0 heterocycles. The minimum absolute atomic E-state index is 0. The quantitative estimate of drug-likeness (QED) is 0.512. The summed E-state index contributed by atoms with van der Waals surface area (Å²) >= 11 is 0. The van der Waals surface area contributed by atoms with Crippen LogP contribution in [-0.2, 0) is 26.2 Å². The monoisotopic (exact) mass is 454 g/mol. The van der Waals surface area contributed by atoms with Crippen LogP contribution in [0.1, 0.15) is 39.5 Å². The fraction of sp³-hybridized carbons (Fsp3) is 0.545. The zero-order valence-corrected chi connectivity index (χ0v) is 19.3. The summed E-state index contributed by atoms with van der Waals surface area (Å²) in [5, 5.41) is 0. The number of rotatable bonds is 2. The molecule has 2 saturated carbocycles. The van der Waals surface area contributed by atoms with Crippen molar-refractivity contribution >= 4 is 0 Å². The first-order chi connectivity index (χ1) is 10.8. The normalized spacial score (nSPS) is 36.1. The maximum atomic E-state index is 2.52. The summed E-state index contributed by atoms with van der Waals surface area (Å²) in [6, 6.07) is 0. The van der Waals surface area contributed by atoms with Crippen molar-refractivity contribution in [1.29, 1.82) is 0 Å². The Bertz CT molecular complexity index is 396.